The molecule has 5 nitrogen and oxygen atoms in total. The molecule has 1 aliphatic heterocycles. The summed E-state index contributed by atoms with van der Waals surface area (Å²) >= 11 is 0. The first kappa shape index (κ1) is 33.9. The number of nitrogens with zero attached hydrogens (tertiary/aromatic N) is 1. The van der Waals surface area contributed by atoms with E-state index in [1.54, 1.807) is 0 Å². The fourth-order valence-corrected chi connectivity index (χ4v) is 5.05. The maximum Gasteiger partial charge on any atom is 0.416 e. The van der Waals surface area contributed by atoms with Gasteiger partial charge >= 0.3 is 24.6 Å². The molecular weight excluding hydrogens is 630 g/mol. The highest BCUT2D eigenvalue weighted by atomic mass is 19.4. The van der Waals surface area contributed by atoms with Crippen molar-refractivity contribution in [1.29, 1.82) is 0 Å². The number of rotatable bonds is 6. The van der Waals surface area contributed by atoms with Crippen molar-refractivity contribution in [2.24, 2.45) is 0 Å². The molecule has 0 spiro atoms. The van der Waals surface area contributed by atoms with Gasteiger partial charge in [-0.3, -0.25) is 4.90 Å². The normalized spacial score (nSPS) is 19.0. The van der Waals surface area contributed by atoms with Gasteiger partial charge < -0.3 is 14.6 Å². The lowest BCUT2D eigenvalue weighted by atomic mass is 9.92. The van der Waals surface area contributed by atoms with Crippen molar-refractivity contribution in [3.8, 4) is 16.9 Å². The summed E-state index contributed by atoms with van der Waals surface area (Å²) in [6, 6.07) is 4.00. The summed E-state index contributed by atoms with van der Waals surface area (Å²) < 4.78 is 147. The van der Waals surface area contributed by atoms with Crippen LogP contribution in [-0.2, 0) is 35.4 Å². The third kappa shape index (κ3) is 6.97. The number of benzene rings is 3. The lowest BCUT2D eigenvalue weighted by Gasteiger charge is -2.25. The highest BCUT2D eigenvalue weighted by Crippen LogP contribution is 2.44. The van der Waals surface area contributed by atoms with Gasteiger partial charge in [-0.1, -0.05) is 6.07 Å². The van der Waals surface area contributed by atoms with Crippen LogP contribution >= 0.6 is 0 Å². The number of hydrogen-bond acceptors (Lipinski definition) is 4. The molecule has 3 atom stereocenters. The second-order valence-electron chi connectivity index (χ2n) is 11.0. The van der Waals surface area contributed by atoms with Crippen LogP contribution in [-0.4, -0.2) is 29.3 Å². The number of alkyl halides is 9. The summed E-state index contributed by atoms with van der Waals surface area (Å²) in [5, 5.41) is 10.5. The minimum absolute atomic E-state index is 0.00669. The first-order valence-electron chi connectivity index (χ1n) is 13.1. The largest absolute Gasteiger partial charge is 0.496 e. The zero-order chi connectivity index (χ0) is 33.9. The van der Waals surface area contributed by atoms with E-state index in [0.29, 0.717) is 18.2 Å². The minimum Gasteiger partial charge on any atom is -0.496 e. The number of cyclic esters (lactones) is 1. The van der Waals surface area contributed by atoms with Crippen LogP contribution in [0.1, 0.15) is 60.3 Å². The van der Waals surface area contributed by atoms with Gasteiger partial charge in [0, 0.05) is 17.2 Å². The van der Waals surface area contributed by atoms with E-state index in [9.17, 15) is 53.8 Å². The fraction of sp³-hybridized carbons (Fsp3) is 0.367. The lowest BCUT2D eigenvalue weighted by Crippen LogP contribution is -2.32. The topological polar surface area (TPSA) is 59.0 Å². The molecule has 244 valence electrons. The average molecular weight is 656 g/mol. The number of halogens is 10. The zero-order valence-corrected chi connectivity index (χ0v) is 23.9. The number of carbonyl (C=O) groups is 1. The smallest absolute Gasteiger partial charge is 0.416 e. The van der Waals surface area contributed by atoms with Crippen LogP contribution in [0.4, 0.5) is 48.7 Å². The van der Waals surface area contributed by atoms with Gasteiger partial charge in [-0.2, -0.15) is 39.5 Å². The second-order valence-corrected chi connectivity index (χ2v) is 11.0. The quantitative estimate of drug-likeness (QED) is 0.270. The Morgan fingerprint density at radius 2 is 1.42 bits per heavy atom. The molecule has 1 unspecified atom stereocenters. The summed E-state index contributed by atoms with van der Waals surface area (Å²) in [7, 11) is 1.17. The molecule has 0 aliphatic carbocycles. The van der Waals surface area contributed by atoms with E-state index in [2.05, 4.69) is 0 Å². The molecule has 0 bridgehead atoms. The van der Waals surface area contributed by atoms with Crippen LogP contribution in [0.2, 0.25) is 0 Å². The highest BCUT2D eigenvalue weighted by molar-refractivity contribution is 5.76. The molecule has 1 saturated heterocycles. The molecule has 0 saturated carbocycles. The molecule has 3 aromatic carbocycles. The van der Waals surface area contributed by atoms with E-state index in [1.807, 2.05) is 0 Å². The highest BCUT2D eigenvalue weighted by Gasteiger charge is 2.44. The maximum absolute atomic E-state index is 14.8. The standard InChI is InChI=1S/C30H25F10NO4/c1-14-25(15-7-18(29(35,36)37)10-19(8-15)30(38,39)40)45-26(42)41(14)13-16-9-17(28(32,33)34)5-6-20(16)21-11-22(27(2,3)43)23(31)12-24(21)44-4/h5-12,14,25,43H,13H2,1-4H3/t14-,25-/m0/s1/i2+2/t14-,25-,27?. The Kier molecular flexibility index (Phi) is 8.59. The molecule has 0 radical (unpaired) electrons. The van der Waals surface area contributed by atoms with Gasteiger partial charge in [0.1, 0.15) is 17.7 Å². The number of methoxy groups -OCH3 is 1. The van der Waals surface area contributed by atoms with Gasteiger partial charge in [0.25, 0.3) is 0 Å². The second kappa shape index (κ2) is 11.4. The predicted molar refractivity (Wildman–Crippen MR) is 139 cm³/mol. The fourth-order valence-electron chi connectivity index (χ4n) is 5.05. The summed E-state index contributed by atoms with van der Waals surface area (Å²) in [5.74, 6) is -1.02. The van der Waals surface area contributed by atoms with E-state index in [4.69, 9.17) is 9.47 Å². The number of amides is 1. The van der Waals surface area contributed by atoms with Crippen molar-refractivity contribution in [2.75, 3.05) is 7.11 Å². The molecule has 1 heterocycles. The summed E-state index contributed by atoms with van der Waals surface area (Å²) in [4.78, 5) is 13.8. The lowest BCUT2D eigenvalue weighted by molar-refractivity contribution is -0.143. The first-order valence-corrected chi connectivity index (χ1v) is 13.1. The van der Waals surface area contributed by atoms with Crippen molar-refractivity contribution in [3.05, 3.63) is 87.7 Å². The summed E-state index contributed by atoms with van der Waals surface area (Å²) in [6.07, 6.45) is -18.1. The molecule has 15 heteroatoms. The van der Waals surface area contributed by atoms with E-state index in [0.717, 1.165) is 29.2 Å². The Morgan fingerprint density at radius 1 is 0.867 bits per heavy atom. The molecular formula is C30H25F10NO4. The van der Waals surface area contributed by atoms with Crippen molar-refractivity contribution in [3.63, 3.8) is 0 Å². The van der Waals surface area contributed by atoms with Crippen LogP contribution in [0.5, 0.6) is 5.75 Å². The number of hydrogen-bond donors (Lipinski definition) is 1. The van der Waals surface area contributed by atoms with Crippen LogP contribution in [0, 0.1) is 5.82 Å². The van der Waals surface area contributed by atoms with E-state index in [-0.39, 0.29) is 34.1 Å². The monoisotopic (exact) mass is 655 g/mol. The molecule has 1 fully saturated rings. The molecule has 1 amide bonds. The van der Waals surface area contributed by atoms with Crippen molar-refractivity contribution in [1.82, 2.24) is 4.90 Å². The van der Waals surface area contributed by atoms with E-state index < -0.39 is 77.0 Å². The van der Waals surface area contributed by atoms with Crippen molar-refractivity contribution in [2.45, 2.75) is 63.6 Å². The van der Waals surface area contributed by atoms with E-state index in [1.165, 1.54) is 27.9 Å². The molecule has 4 rings (SSSR count). The number of ether oxygens (including phenoxy) is 2. The average Bonchev–Trinajstić information content (AvgIpc) is 3.19. The Labute approximate surface area is 250 Å². The number of carbonyl (C=O) groups excluding carboxylic acids is 1. The van der Waals surface area contributed by atoms with Crippen LogP contribution in [0.15, 0.2) is 48.5 Å². The number of aliphatic hydroxyl groups is 1. The molecule has 1 aliphatic rings. The SMILES string of the molecule is COc1cc(F)c(C(C)([14CH3])O)cc1-c1ccc(C(F)(F)F)cc1CN1C(=O)O[C@H](c2cc(C(F)(F)F)cc(C(F)(F)F)c2)[C@@H]1C. The van der Waals surface area contributed by atoms with Crippen molar-refractivity contribution >= 4 is 6.09 Å². The third-order valence-corrected chi connectivity index (χ3v) is 7.34. The Bertz CT molecular complexity index is 1570. The van der Waals surface area contributed by atoms with Gasteiger partial charge in [-0.25, -0.2) is 9.18 Å². The maximum atomic E-state index is 14.8. The predicted octanol–water partition coefficient (Wildman–Crippen LogP) is 8.87. The minimum atomic E-state index is -5.18. The molecule has 3 aromatic rings. The Balaban J connectivity index is 1.83. The van der Waals surface area contributed by atoms with Gasteiger partial charge in [-0.15, -0.1) is 0 Å². The summed E-state index contributed by atoms with van der Waals surface area (Å²) in [5.41, 5.74) is -7.17. The molecule has 1 N–H and O–H groups in total. The zero-order valence-electron chi connectivity index (χ0n) is 23.9. The Morgan fingerprint density at radius 3 is 1.91 bits per heavy atom. The molecule has 45 heavy (non-hydrogen) atoms. The van der Waals surface area contributed by atoms with Crippen LogP contribution in [0.25, 0.3) is 11.1 Å². The van der Waals surface area contributed by atoms with Crippen molar-refractivity contribution < 1.29 is 63.3 Å². The van der Waals surface area contributed by atoms with Crippen LogP contribution in [0.3, 0.4) is 0 Å². The van der Waals surface area contributed by atoms with E-state index >= 15 is 0 Å². The Hall–Kier alpha value is -4.01. The van der Waals surface area contributed by atoms with Gasteiger partial charge in [0.15, 0.2) is 0 Å². The van der Waals surface area contributed by atoms with Gasteiger partial charge in [0.05, 0.1) is 42.0 Å². The van der Waals surface area contributed by atoms with Crippen LogP contribution < -0.4 is 4.74 Å². The van der Waals surface area contributed by atoms with Gasteiger partial charge in [0.2, 0.25) is 0 Å². The summed E-state index contributed by atoms with van der Waals surface area (Å²) in [6.45, 7) is 3.14. The first-order chi connectivity index (χ1) is 20.5. The van der Waals surface area contributed by atoms with Gasteiger partial charge in [-0.05, 0) is 73.9 Å². The third-order valence-electron chi connectivity index (χ3n) is 7.34. The molecule has 0 aromatic heterocycles.